The number of hydrogen-bond acceptors (Lipinski definition) is 5. The molecular formula is C20H18N2O4S. The van der Waals surface area contributed by atoms with Crippen LogP contribution in [0, 0.1) is 6.92 Å². The molecular weight excluding hydrogens is 364 g/mol. The van der Waals surface area contributed by atoms with E-state index in [1.807, 2.05) is 31.2 Å². The number of para-hydroxylation sites is 1. The zero-order valence-corrected chi connectivity index (χ0v) is 15.7. The first-order valence-corrected chi connectivity index (χ1v) is 9.04. The average Bonchev–Trinajstić information content (AvgIpc) is 2.91. The summed E-state index contributed by atoms with van der Waals surface area (Å²) in [5.41, 5.74) is 2.37. The van der Waals surface area contributed by atoms with Gasteiger partial charge in [0.15, 0.2) is 0 Å². The van der Waals surface area contributed by atoms with E-state index in [-0.39, 0.29) is 11.4 Å². The van der Waals surface area contributed by atoms with Gasteiger partial charge in [0, 0.05) is 11.3 Å². The molecule has 138 valence electrons. The number of aryl methyl sites for hydroxylation is 1. The van der Waals surface area contributed by atoms with Crippen molar-refractivity contribution < 1.29 is 19.1 Å². The quantitative estimate of drug-likeness (QED) is 0.799. The number of carbonyl (C=O) groups is 3. The van der Waals surface area contributed by atoms with Crippen LogP contribution in [0.5, 0.6) is 5.75 Å². The molecule has 1 fully saturated rings. The number of nitrogens with zero attached hydrogens (tertiary/aromatic N) is 1. The van der Waals surface area contributed by atoms with Gasteiger partial charge in [-0.15, -0.1) is 0 Å². The molecule has 1 N–H and O–H groups in total. The lowest BCUT2D eigenvalue weighted by atomic mass is 10.2. The smallest absolute Gasteiger partial charge is 0.294 e. The zero-order chi connectivity index (χ0) is 19.4. The van der Waals surface area contributed by atoms with E-state index in [2.05, 4.69) is 5.32 Å². The summed E-state index contributed by atoms with van der Waals surface area (Å²) < 4.78 is 5.26. The Hall–Kier alpha value is -3.06. The molecule has 0 saturated carbocycles. The molecule has 0 atom stereocenters. The molecule has 6 nitrogen and oxygen atoms in total. The maximum atomic E-state index is 12.5. The summed E-state index contributed by atoms with van der Waals surface area (Å²) in [6.45, 7) is 1.61. The van der Waals surface area contributed by atoms with Crippen molar-refractivity contribution in [2.45, 2.75) is 6.92 Å². The Labute approximate surface area is 161 Å². The Balaban J connectivity index is 1.71. The molecule has 2 aromatic carbocycles. The van der Waals surface area contributed by atoms with Crippen molar-refractivity contribution >= 4 is 40.6 Å². The van der Waals surface area contributed by atoms with E-state index in [0.717, 1.165) is 22.2 Å². The highest BCUT2D eigenvalue weighted by Crippen LogP contribution is 2.33. The third-order valence-electron chi connectivity index (χ3n) is 3.94. The van der Waals surface area contributed by atoms with Gasteiger partial charge in [0.05, 0.1) is 12.0 Å². The Kier molecular flexibility index (Phi) is 5.61. The Morgan fingerprint density at radius 3 is 2.56 bits per heavy atom. The molecule has 0 spiro atoms. The second-order valence-corrected chi connectivity index (χ2v) is 6.92. The largest absolute Gasteiger partial charge is 0.496 e. The normalized spacial score (nSPS) is 15.3. The van der Waals surface area contributed by atoms with Gasteiger partial charge in [-0.05, 0) is 43.0 Å². The number of rotatable bonds is 5. The lowest BCUT2D eigenvalue weighted by Gasteiger charge is -2.12. The summed E-state index contributed by atoms with van der Waals surface area (Å²) >= 11 is 0.809. The number of thioether (sulfide) groups is 1. The number of imide groups is 1. The lowest BCUT2D eigenvalue weighted by Crippen LogP contribution is -2.36. The average molecular weight is 382 g/mol. The Morgan fingerprint density at radius 1 is 1.15 bits per heavy atom. The highest BCUT2D eigenvalue weighted by atomic mass is 32.2. The summed E-state index contributed by atoms with van der Waals surface area (Å²) in [4.78, 5) is 38.1. The van der Waals surface area contributed by atoms with E-state index in [9.17, 15) is 14.4 Å². The molecule has 7 heteroatoms. The number of carbonyl (C=O) groups excluding carboxylic acids is 3. The van der Waals surface area contributed by atoms with Crippen molar-refractivity contribution in [3.63, 3.8) is 0 Å². The monoisotopic (exact) mass is 382 g/mol. The van der Waals surface area contributed by atoms with Gasteiger partial charge in [-0.3, -0.25) is 19.3 Å². The fourth-order valence-electron chi connectivity index (χ4n) is 2.54. The van der Waals surface area contributed by atoms with Crippen LogP contribution in [0.2, 0.25) is 0 Å². The number of benzene rings is 2. The molecule has 1 heterocycles. The van der Waals surface area contributed by atoms with Gasteiger partial charge in [-0.25, -0.2) is 0 Å². The highest BCUT2D eigenvalue weighted by molar-refractivity contribution is 8.18. The maximum Gasteiger partial charge on any atom is 0.294 e. The van der Waals surface area contributed by atoms with Crippen molar-refractivity contribution in [1.82, 2.24) is 4.90 Å². The van der Waals surface area contributed by atoms with E-state index in [0.29, 0.717) is 17.0 Å². The molecule has 0 aromatic heterocycles. The van der Waals surface area contributed by atoms with Crippen LogP contribution in [0.15, 0.2) is 53.4 Å². The molecule has 1 aliphatic heterocycles. The molecule has 0 unspecified atom stereocenters. The van der Waals surface area contributed by atoms with Crippen LogP contribution < -0.4 is 10.1 Å². The molecule has 1 aliphatic rings. The molecule has 3 amide bonds. The van der Waals surface area contributed by atoms with E-state index in [1.54, 1.807) is 30.3 Å². The number of hydrogen-bond donors (Lipinski definition) is 1. The van der Waals surface area contributed by atoms with Crippen LogP contribution in [-0.4, -0.2) is 35.6 Å². The van der Waals surface area contributed by atoms with Crippen molar-refractivity contribution in [2.24, 2.45) is 0 Å². The summed E-state index contributed by atoms with van der Waals surface area (Å²) in [5, 5.41) is 2.21. The van der Waals surface area contributed by atoms with Crippen LogP contribution >= 0.6 is 11.8 Å². The summed E-state index contributed by atoms with van der Waals surface area (Å²) in [6.07, 6.45) is 1.60. The minimum atomic E-state index is -0.491. The van der Waals surface area contributed by atoms with Crippen molar-refractivity contribution in [3.05, 3.63) is 64.6 Å². The second kappa shape index (κ2) is 8.09. The van der Waals surface area contributed by atoms with E-state index in [1.165, 1.54) is 7.11 Å². The topological polar surface area (TPSA) is 75.7 Å². The van der Waals surface area contributed by atoms with Gasteiger partial charge in [-0.1, -0.05) is 35.9 Å². The lowest BCUT2D eigenvalue weighted by molar-refractivity contribution is -0.127. The molecule has 1 saturated heterocycles. The molecule has 27 heavy (non-hydrogen) atoms. The van der Waals surface area contributed by atoms with Crippen LogP contribution in [0.1, 0.15) is 11.1 Å². The van der Waals surface area contributed by atoms with Crippen LogP contribution in [0.3, 0.4) is 0 Å². The molecule has 0 bridgehead atoms. The minimum absolute atomic E-state index is 0.257. The van der Waals surface area contributed by atoms with Crippen molar-refractivity contribution in [3.8, 4) is 5.75 Å². The van der Waals surface area contributed by atoms with Gasteiger partial charge >= 0.3 is 0 Å². The highest BCUT2D eigenvalue weighted by Gasteiger charge is 2.36. The number of ether oxygens (including phenoxy) is 1. The van der Waals surface area contributed by atoms with E-state index in [4.69, 9.17) is 4.74 Å². The minimum Gasteiger partial charge on any atom is -0.496 e. The Morgan fingerprint density at radius 2 is 1.85 bits per heavy atom. The SMILES string of the molecule is COc1ccccc1/C=C1\SC(=O)N(CC(=O)Nc2ccc(C)cc2)C1=O. The van der Waals surface area contributed by atoms with E-state index < -0.39 is 17.1 Å². The molecule has 0 radical (unpaired) electrons. The first kappa shape index (κ1) is 18.7. The van der Waals surface area contributed by atoms with Gasteiger partial charge in [0.25, 0.3) is 11.1 Å². The fourth-order valence-corrected chi connectivity index (χ4v) is 3.37. The number of amides is 3. The van der Waals surface area contributed by atoms with Crippen LogP contribution in [0.4, 0.5) is 10.5 Å². The second-order valence-electron chi connectivity index (χ2n) is 5.92. The van der Waals surface area contributed by atoms with Crippen molar-refractivity contribution in [1.29, 1.82) is 0 Å². The van der Waals surface area contributed by atoms with Crippen LogP contribution in [0.25, 0.3) is 6.08 Å². The molecule has 3 rings (SSSR count). The Bertz CT molecular complexity index is 922. The first-order chi connectivity index (χ1) is 13.0. The summed E-state index contributed by atoms with van der Waals surface area (Å²) in [7, 11) is 1.54. The number of methoxy groups -OCH3 is 1. The summed E-state index contributed by atoms with van der Waals surface area (Å²) in [6, 6.07) is 14.5. The third-order valence-corrected chi connectivity index (χ3v) is 4.84. The standard InChI is InChI=1S/C20H18N2O4S/c1-13-7-9-15(10-8-13)21-18(23)12-22-19(24)17(27-20(22)25)11-14-5-3-4-6-16(14)26-2/h3-11H,12H2,1-2H3,(H,21,23)/b17-11-. The maximum absolute atomic E-state index is 12.5. The van der Waals surface area contributed by atoms with Gasteiger partial charge in [-0.2, -0.15) is 0 Å². The third kappa shape index (κ3) is 4.38. The van der Waals surface area contributed by atoms with Crippen molar-refractivity contribution in [2.75, 3.05) is 19.0 Å². The fraction of sp³-hybridized carbons (Fsp3) is 0.150. The number of nitrogens with one attached hydrogen (secondary N) is 1. The predicted molar refractivity (Wildman–Crippen MR) is 105 cm³/mol. The van der Waals surface area contributed by atoms with Gasteiger partial charge in [0.1, 0.15) is 12.3 Å². The predicted octanol–water partition coefficient (Wildman–Crippen LogP) is 3.68. The summed E-state index contributed by atoms with van der Waals surface area (Å²) in [5.74, 6) is -0.323. The molecule has 0 aliphatic carbocycles. The van der Waals surface area contributed by atoms with Gasteiger partial charge in [0.2, 0.25) is 5.91 Å². The van der Waals surface area contributed by atoms with Crippen LogP contribution in [-0.2, 0) is 9.59 Å². The number of anilines is 1. The van der Waals surface area contributed by atoms with Gasteiger partial charge < -0.3 is 10.1 Å². The zero-order valence-electron chi connectivity index (χ0n) is 14.9. The molecule has 2 aromatic rings. The first-order valence-electron chi connectivity index (χ1n) is 8.23. The van der Waals surface area contributed by atoms with E-state index >= 15 is 0 Å².